The van der Waals surface area contributed by atoms with Gasteiger partial charge in [0.05, 0.1) is 11.5 Å². The fourth-order valence-corrected chi connectivity index (χ4v) is 8.41. The Morgan fingerprint density at radius 1 is 0.943 bits per heavy atom. The summed E-state index contributed by atoms with van der Waals surface area (Å²) < 4.78 is 16.9. The molecule has 192 valence electrons. The Bertz CT molecular complexity index is 1030. The molecule has 0 aromatic heterocycles. The minimum absolute atomic E-state index is 0.0339. The largest absolute Gasteiger partial charge is 0.462 e. The molecule has 2 bridgehead atoms. The van der Waals surface area contributed by atoms with Gasteiger partial charge < -0.3 is 19.3 Å². The van der Waals surface area contributed by atoms with E-state index in [1.807, 2.05) is 6.92 Å². The van der Waals surface area contributed by atoms with E-state index in [1.165, 1.54) is 20.8 Å². The lowest BCUT2D eigenvalue weighted by atomic mass is 9.38. The summed E-state index contributed by atoms with van der Waals surface area (Å²) >= 11 is 0. The lowest BCUT2D eigenvalue weighted by Gasteiger charge is -2.66. The maximum atomic E-state index is 14.3. The average molecular weight is 491 g/mol. The standard InChI is InChI=1S/C26H34O9/c1-11-15-8-17(33-12(2)27)19-25(7)10-16(30)22(34-13(3)28)24(5,6)20(25)18(31)23(35-14(4)29)26(19,9-15)21(11)32/h15-17,19-20,22-23,30H,1,8-10H2,2-7H3/t15-,16+,17+,19+,20-,22+,23+,25+,26+/m1/s1. The van der Waals surface area contributed by atoms with Crippen LogP contribution in [0.4, 0.5) is 0 Å². The van der Waals surface area contributed by atoms with Crippen LogP contribution >= 0.6 is 0 Å². The quantitative estimate of drug-likeness (QED) is 0.358. The van der Waals surface area contributed by atoms with Crippen LogP contribution in [-0.2, 0) is 38.2 Å². The molecule has 0 aliphatic heterocycles. The monoisotopic (exact) mass is 490 g/mol. The van der Waals surface area contributed by atoms with Gasteiger partial charge in [-0.15, -0.1) is 0 Å². The number of Topliss-reactive ketones (excluding diaryl/α,β-unsaturated/α-hetero) is 2. The molecule has 0 radical (unpaired) electrons. The number of hydrogen-bond donors (Lipinski definition) is 1. The smallest absolute Gasteiger partial charge is 0.303 e. The maximum Gasteiger partial charge on any atom is 0.303 e. The summed E-state index contributed by atoms with van der Waals surface area (Å²) in [6, 6.07) is 0. The summed E-state index contributed by atoms with van der Waals surface area (Å²) in [4.78, 5) is 64.4. The Morgan fingerprint density at radius 3 is 2.06 bits per heavy atom. The van der Waals surface area contributed by atoms with Crippen molar-refractivity contribution in [3.8, 4) is 0 Å². The van der Waals surface area contributed by atoms with Gasteiger partial charge in [0, 0.05) is 38.0 Å². The van der Waals surface area contributed by atoms with Gasteiger partial charge in [0.2, 0.25) is 0 Å². The van der Waals surface area contributed by atoms with E-state index in [-0.39, 0.29) is 24.5 Å². The van der Waals surface area contributed by atoms with Crippen molar-refractivity contribution < 1.29 is 43.3 Å². The summed E-state index contributed by atoms with van der Waals surface area (Å²) in [5, 5.41) is 11.2. The number of aliphatic hydroxyl groups is 1. The van der Waals surface area contributed by atoms with E-state index >= 15 is 0 Å². The minimum atomic E-state index is -1.45. The first-order valence-corrected chi connectivity index (χ1v) is 12.1. The predicted octanol–water partition coefficient (Wildman–Crippen LogP) is 1.93. The van der Waals surface area contributed by atoms with Crippen LogP contribution in [0.25, 0.3) is 0 Å². The third kappa shape index (κ3) is 3.41. The molecular formula is C26H34O9. The molecule has 9 nitrogen and oxygen atoms in total. The highest BCUT2D eigenvalue weighted by molar-refractivity contribution is 6.08. The van der Waals surface area contributed by atoms with Crippen molar-refractivity contribution in [3.05, 3.63) is 12.2 Å². The Labute approximate surface area is 204 Å². The second-order valence-corrected chi connectivity index (χ2v) is 11.6. The van der Waals surface area contributed by atoms with Gasteiger partial charge in [-0.05, 0) is 36.2 Å². The number of allylic oxidation sites excluding steroid dienone is 1. The second kappa shape index (κ2) is 7.98. The molecule has 4 saturated carbocycles. The molecule has 1 spiro atoms. The van der Waals surface area contributed by atoms with Crippen molar-refractivity contribution in [2.45, 2.75) is 85.2 Å². The molecule has 1 N–H and O–H groups in total. The molecular weight excluding hydrogens is 456 g/mol. The van der Waals surface area contributed by atoms with E-state index in [1.54, 1.807) is 13.8 Å². The zero-order valence-corrected chi connectivity index (χ0v) is 21.1. The first kappa shape index (κ1) is 25.5. The highest BCUT2D eigenvalue weighted by Gasteiger charge is 2.78. The third-order valence-electron chi connectivity index (χ3n) is 8.99. The third-order valence-corrected chi connectivity index (χ3v) is 8.99. The van der Waals surface area contributed by atoms with Gasteiger partial charge in [-0.1, -0.05) is 27.4 Å². The topological polar surface area (TPSA) is 133 Å². The molecule has 0 amide bonds. The van der Waals surface area contributed by atoms with Crippen molar-refractivity contribution in [3.63, 3.8) is 0 Å². The highest BCUT2D eigenvalue weighted by atomic mass is 16.6. The Morgan fingerprint density at radius 2 is 1.51 bits per heavy atom. The Hall–Kier alpha value is -2.55. The molecule has 0 saturated heterocycles. The molecule has 0 heterocycles. The number of rotatable bonds is 3. The lowest BCUT2D eigenvalue weighted by molar-refractivity contribution is -0.253. The fourth-order valence-electron chi connectivity index (χ4n) is 8.41. The minimum Gasteiger partial charge on any atom is -0.462 e. The number of ether oxygens (including phenoxy) is 3. The summed E-state index contributed by atoms with van der Waals surface area (Å²) in [6.45, 7) is 13.0. The number of carbonyl (C=O) groups excluding carboxylic acids is 5. The van der Waals surface area contributed by atoms with Gasteiger partial charge in [0.15, 0.2) is 17.7 Å². The first-order chi connectivity index (χ1) is 16.1. The zero-order chi connectivity index (χ0) is 26.2. The van der Waals surface area contributed by atoms with Crippen molar-refractivity contribution in [2.75, 3.05) is 0 Å². The van der Waals surface area contributed by atoms with Crippen LogP contribution in [0.3, 0.4) is 0 Å². The number of fused-ring (bicyclic) bond motifs is 3. The van der Waals surface area contributed by atoms with Gasteiger partial charge >= 0.3 is 17.9 Å². The molecule has 4 aliphatic carbocycles. The summed E-state index contributed by atoms with van der Waals surface area (Å²) in [5.41, 5.74) is -3.22. The van der Waals surface area contributed by atoms with Crippen LogP contribution in [-0.4, -0.2) is 59.0 Å². The molecule has 4 aliphatic rings. The van der Waals surface area contributed by atoms with Crippen molar-refractivity contribution >= 4 is 29.5 Å². The van der Waals surface area contributed by atoms with Crippen LogP contribution in [0, 0.1) is 34.0 Å². The number of aliphatic hydroxyl groups excluding tert-OH is 1. The lowest BCUT2D eigenvalue weighted by Crippen LogP contribution is -2.74. The Kier molecular flexibility index (Phi) is 5.82. The summed E-state index contributed by atoms with van der Waals surface area (Å²) in [6.07, 6.45) is -3.63. The molecule has 0 unspecified atom stereocenters. The maximum absolute atomic E-state index is 14.3. The van der Waals surface area contributed by atoms with Crippen LogP contribution in [0.1, 0.15) is 60.8 Å². The molecule has 0 aromatic carbocycles. The first-order valence-electron chi connectivity index (χ1n) is 12.1. The molecule has 0 aromatic rings. The molecule has 4 rings (SSSR count). The fraction of sp³-hybridized carbons (Fsp3) is 0.731. The van der Waals surface area contributed by atoms with E-state index in [0.29, 0.717) is 12.0 Å². The van der Waals surface area contributed by atoms with Crippen LogP contribution in [0.2, 0.25) is 0 Å². The van der Waals surface area contributed by atoms with Crippen LogP contribution in [0.5, 0.6) is 0 Å². The van der Waals surface area contributed by atoms with Crippen molar-refractivity contribution in [1.82, 2.24) is 0 Å². The van der Waals surface area contributed by atoms with Gasteiger partial charge in [0.25, 0.3) is 0 Å². The number of esters is 3. The molecule has 9 heteroatoms. The molecule has 35 heavy (non-hydrogen) atoms. The van der Waals surface area contributed by atoms with Crippen molar-refractivity contribution in [2.24, 2.45) is 34.0 Å². The number of ketones is 2. The van der Waals surface area contributed by atoms with Crippen LogP contribution in [0.15, 0.2) is 12.2 Å². The molecule has 4 fully saturated rings. The van der Waals surface area contributed by atoms with E-state index < -0.39 is 76.2 Å². The average Bonchev–Trinajstić information content (AvgIpc) is 2.88. The number of carbonyl (C=O) groups is 5. The van der Waals surface area contributed by atoms with E-state index in [0.717, 1.165) is 0 Å². The van der Waals surface area contributed by atoms with Gasteiger partial charge in [0.1, 0.15) is 12.2 Å². The number of hydrogen-bond acceptors (Lipinski definition) is 9. The van der Waals surface area contributed by atoms with Gasteiger partial charge in [-0.25, -0.2) is 0 Å². The SMILES string of the molecule is C=C1C(=O)[C@]23C[C@H]1C[C@H](OC(C)=O)[C@H]2[C@]1(C)C[C@H](O)[C@H](OC(C)=O)C(C)(C)[C@H]1C(=O)[C@@H]3OC(C)=O. The van der Waals surface area contributed by atoms with E-state index in [2.05, 4.69) is 6.58 Å². The van der Waals surface area contributed by atoms with Gasteiger partial charge in [-0.2, -0.15) is 0 Å². The normalized spacial score (nSPS) is 43.6. The second-order valence-electron chi connectivity index (χ2n) is 11.6. The summed E-state index contributed by atoms with van der Waals surface area (Å²) in [7, 11) is 0. The Balaban J connectivity index is 1.97. The van der Waals surface area contributed by atoms with E-state index in [9.17, 15) is 29.1 Å². The highest BCUT2D eigenvalue weighted by Crippen LogP contribution is 2.71. The summed E-state index contributed by atoms with van der Waals surface area (Å²) in [5.74, 6) is -4.53. The van der Waals surface area contributed by atoms with Crippen LogP contribution < -0.4 is 0 Å². The zero-order valence-electron chi connectivity index (χ0n) is 21.1. The van der Waals surface area contributed by atoms with Crippen molar-refractivity contribution in [1.29, 1.82) is 0 Å². The predicted molar refractivity (Wildman–Crippen MR) is 120 cm³/mol. The van der Waals surface area contributed by atoms with E-state index in [4.69, 9.17) is 14.2 Å². The van der Waals surface area contributed by atoms with Gasteiger partial charge in [-0.3, -0.25) is 24.0 Å². The molecule has 9 atom stereocenters.